The first-order valence-electron chi connectivity index (χ1n) is 8.31. The summed E-state index contributed by atoms with van der Waals surface area (Å²) in [5.41, 5.74) is 9.26. The van der Waals surface area contributed by atoms with E-state index in [2.05, 4.69) is 52.0 Å². The molecule has 1 aromatic carbocycles. The average molecular weight is 273 g/mol. The summed E-state index contributed by atoms with van der Waals surface area (Å²) < 4.78 is 0. The van der Waals surface area contributed by atoms with Crippen molar-refractivity contribution in [1.29, 1.82) is 0 Å². The van der Waals surface area contributed by atoms with Gasteiger partial charge in [0, 0.05) is 6.04 Å². The van der Waals surface area contributed by atoms with Gasteiger partial charge in [-0.2, -0.15) is 0 Å². The molecule has 2 rings (SSSR count). The van der Waals surface area contributed by atoms with Crippen LogP contribution in [-0.2, 0) is 6.42 Å². The van der Waals surface area contributed by atoms with Crippen molar-refractivity contribution in [2.75, 3.05) is 0 Å². The molecule has 1 aromatic rings. The molecule has 3 unspecified atom stereocenters. The Hall–Kier alpha value is -0.820. The fourth-order valence-corrected chi connectivity index (χ4v) is 3.51. The van der Waals surface area contributed by atoms with Crippen molar-refractivity contribution in [3.63, 3.8) is 0 Å². The lowest BCUT2D eigenvalue weighted by Gasteiger charge is -2.36. The minimum absolute atomic E-state index is 0.398. The van der Waals surface area contributed by atoms with Gasteiger partial charge in [0.2, 0.25) is 0 Å². The molecule has 1 fully saturated rings. The molecule has 0 aliphatic heterocycles. The zero-order valence-electron chi connectivity index (χ0n) is 13.6. The summed E-state index contributed by atoms with van der Waals surface area (Å²) in [4.78, 5) is 0. The van der Waals surface area contributed by atoms with E-state index >= 15 is 0 Å². The highest BCUT2D eigenvalue weighted by Crippen LogP contribution is 2.34. The predicted octanol–water partition coefficient (Wildman–Crippen LogP) is 4.75. The highest BCUT2D eigenvalue weighted by molar-refractivity contribution is 5.25. The second kappa shape index (κ2) is 6.76. The first kappa shape index (κ1) is 15.6. The predicted molar refractivity (Wildman–Crippen MR) is 87.9 cm³/mol. The Bertz CT molecular complexity index is 404. The standard InChI is InChI=1S/C19H31N/c1-13(2)16-7-5-15(6-8-16)11-18-12-17(14(3)4)9-10-19(18)20/h5-8,13-14,17-19H,9-12,20H2,1-4H3. The second-order valence-corrected chi connectivity index (χ2v) is 7.34. The van der Waals surface area contributed by atoms with Gasteiger partial charge in [-0.15, -0.1) is 0 Å². The van der Waals surface area contributed by atoms with Crippen LogP contribution in [0.2, 0.25) is 0 Å². The van der Waals surface area contributed by atoms with Gasteiger partial charge in [-0.05, 0) is 60.5 Å². The van der Waals surface area contributed by atoms with Gasteiger partial charge in [0.1, 0.15) is 0 Å². The minimum atomic E-state index is 0.398. The van der Waals surface area contributed by atoms with Crippen LogP contribution in [0.4, 0.5) is 0 Å². The van der Waals surface area contributed by atoms with E-state index in [-0.39, 0.29) is 0 Å². The van der Waals surface area contributed by atoms with E-state index in [9.17, 15) is 0 Å². The smallest absolute Gasteiger partial charge is 0.00705 e. The second-order valence-electron chi connectivity index (χ2n) is 7.34. The molecule has 1 saturated carbocycles. The van der Waals surface area contributed by atoms with E-state index < -0.39 is 0 Å². The van der Waals surface area contributed by atoms with Gasteiger partial charge < -0.3 is 5.73 Å². The van der Waals surface area contributed by atoms with Crippen LogP contribution >= 0.6 is 0 Å². The molecule has 1 nitrogen and oxygen atoms in total. The van der Waals surface area contributed by atoms with E-state index in [4.69, 9.17) is 5.73 Å². The Morgan fingerprint density at radius 2 is 1.70 bits per heavy atom. The van der Waals surface area contributed by atoms with Gasteiger partial charge in [-0.1, -0.05) is 52.0 Å². The van der Waals surface area contributed by atoms with Crippen LogP contribution in [0, 0.1) is 17.8 Å². The van der Waals surface area contributed by atoms with E-state index in [0.717, 1.165) is 18.3 Å². The van der Waals surface area contributed by atoms with Crippen molar-refractivity contribution >= 4 is 0 Å². The van der Waals surface area contributed by atoms with Gasteiger partial charge in [-0.3, -0.25) is 0 Å². The van der Waals surface area contributed by atoms with E-state index in [1.165, 1.54) is 30.4 Å². The Kier molecular flexibility index (Phi) is 5.26. The van der Waals surface area contributed by atoms with Crippen molar-refractivity contribution in [3.05, 3.63) is 35.4 Å². The molecule has 0 amide bonds. The highest BCUT2D eigenvalue weighted by Gasteiger charge is 2.29. The number of benzene rings is 1. The maximum atomic E-state index is 6.37. The quantitative estimate of drug-likeness (QED) is 0.841. The minimum Gasteiger partial charge on any atom is -0.327 e. The van der Waals surface area contributed by atoms with Crippen molar-refractivity contribution in [2.45, 2.75) is 65.3 Å². The van der Waals surface area contributed by atoms with Crippen LogP contribution < -0.4 is 5.73 Å². The summed E-state index contributed by atoms with van der Waals surface area (Å²) in [6, 6.07) is 9.58. The topological polar surface area (TPSA) is 26.0 Å². The first-order valence-corrected chi connectivity index (χ1v) is 8.31. The van der Waals surface area contributed by atoms with Crippen molar-refractivity contribution in [1.82, 2.24) is 0 Å². The third-order valence-electron chi connectivity index (χ3n) is 5.17. The summed E-state index contributed by atoms with van der Waals surface area (Å²) in [6.45, 7) is 9.21. The lowest BCUT2D eigenvalue weighted by atomic mass is 9.72. The Morgan fingerprint density at radius 3 is 2.25 bits per heavy atom. The van der Waals surface area contributed by atoms with Crippen LogP contribution in [0.5, 0.6) is 0 Å². The van der Waals surface area contributed by atoms with E-state index in [1.54, 1.807) is 0 Å². The molecule has 20 heavy (non-hydrogen) atoms. The fraction of sp³-hybridized carbons (Fsp3) is 0.684. The Labute approximate surface area is 125 Å². The number of hydrogen-bond donors (Lipinski definition) is 1. The SMILES string of the molecule is CC(C)c1ccc(CC2CC(C(C)C)CCC2N)cc1. The third-order valence-corrected chi connectivity index (χ3v) is 5.17. The van der Waals surface area contributed by atoms with Gasteiger partial charge in [0.05, 0.1) is 0 Å². The summed E-state index contributed by atoms with van der Waals surface area (Å²) >= 11 is 0. The lowest BCUT2D eigenvalue weighted by molar-refractivity contribution is 0.189. The molecule has 0 heterocycles. The van der Waals surface area contributed by atoms with Gasteiger partial charge >= 0.3 is 0 Å². The van der Waals surface area contributed by atoms with E-state index in [1.807, 2.05) is 0 Å². The molecule has 0 radical (unpaired) electrons. The lowest BCUT2D eigenvalue weighted by Crippen LogP contribution is -2.38. The third kappa shape index (κ3) is 3.85. The fourth-order valence-electron chi connectivity index (χ4n) is 3.51. The summed E-state index contributed by atoms with van der Waals surface area (Å²) in [5, 5.41) is 0. The molecule has 1 aliphatic carbocycles. The molecule has 2 N–H and O–H groups in total. The zero-order chi connectivity index (χ0) is 14.7. The molecule has 0 saturated heterocycles. The maximum Gasteiger partial charge on any atom is 0.00705 e. The maximum absolute atomic E-state index is 6.37. The van der Waals surface area contributed by atoms with Crippen LogP contribution in [0.3, 0.4) is 0 Å². The molecule has 1 heteroatoms. The molecule has 1 aliphatic rings. The highest BCUT2D eigenvalue weighted by atomic mass is 14.7. The summed E-state index contributed by atoms with van der Waals surface area (Å²) in [7, 11) is 0. The van der Waals surface area contributed by atoms with Gasteiger partial charge in [-0.25, -0.2) is 0 Å². The van der Waals surface area contributed by atoms with Gasteiger partial charge in [0.15, 0.2) is 0 Å². The van der Waals surface area contributed by atoms with Crippen LogP contribution in [0.25, 0.3) is 0 Å². The zero-order valence-corrected chi connectivity index (χ0v) is 13.6. The Morgan fingerprint density at radius 1 is 1.05 bits per heavy atom. The van der Waals surface area contributed by atoms with Crippen LogP contribution in [0.15, 0.2) is 24.3 Å². The van der Waals surface area contributed by atoms with Crippen molar-refractivity contribution in [3.8, 4) is 0 Å². The molecule has 0 spiro atoms. The first-order chi connectivity index (χ1) is 9.47. The number of rotatable bonds is 4. The van der Waals surface area contributed by atoms with Crippen molar-refractivity contribution in [2.24, 2.45) is 23.5 Å². The largest absolute Gasteiger partial charge is 0.327 e. The monoisotopic (exact) mass is 273 g/mol. The Balaban J connectivity index is 2.00. The molecular weight excluding hydrogens is 242 g/mol. The summed E-state index contributed by atoms with van der Waals surface area (Å²) in [5.74, 6) is 2.95. The van der Waals surface area contributed by atoms with E-state index in [0.29, 0.717) is 17.9 Å². The molecule has 112 valence electrons. The van der Waals surface area contributed by atoms with Crippen LogP contribution in [-0.4, -0.2) is 6.04 Å². The van der Waals surface area contributed by atoms with Crippen LogP contribution in [0.1, 0.15) is 64.0 Å². The number of nitrogens with two attached hydrogens (primary N) is 1. The molecule has 0 aromatic heterocycles. The molecular formula is C19H31N. The molecule has 0 bridgehead atoms. The average Bonchev–Trinajstić information content (AvgIpc) is 2.41. The number of hydrogen-bond acceptors (Lipinski definition) is 1. The molecule has 3 atom stereocenters. The normalized spacial score (nSPS) is 27.2. The summed E-state index contributed by atoms with van der Waals surface area (Å²) in [6.07, 6.45) is 4.99. The van der Waals surface area contributed by atoms with Crippen molar-refractivity contribution < 1.29 is 0 Å². The van der Waals surface area contributed by atoms with Gasteiger partial charge in [0.25, 0.3) is 0 Å².